The Morgan fingerprint density at radius 3 is 2.53 bits per heavy atom. The van der Waals surface area contributed by atoms with Crippen molar-refractivity contribution in [2.75, 3.05) is 26.2 Å². The van der Waals surface area contributed by atoms with Gasteiger partial charge in [-0.15, -0.1) is 0 Å². The molecule has 1 spiro atoms. The van der Waals surface area contributed by atoms with E-state index in [1.807, 2.05) is 4.90 Å². The number of carbonyl (C=O) groups is 1. The Kier molecular flexibility index (Phi) is 9.06. The number of H-pyrrole nitrogens is 1. The van der Waals surface area contributed by atoms with Crippen LogP contribution >= 0.6 is 0 Å². The number of benzene rings is 2. The maximum Gasteiger partial charge on any atom is 0.320 e. The minimum atomic E-state index is -0.581. The maximum atomic E-state index is 15.1. The Balaban J connectivity index is 1.21. The molecule has 45 heavy (non-hydrogen) atoms. The van der Waals surface area contributed by atoms with Crippen molar-refractivity contribution in [2.45, 2.75) is 82.6 Å². The molecule has 2 aromatic carbocycles. The number of nitrogens with zero attached hydrogens (tertiary/aromatic N) is 3. The molecule has 1 aliphatic carbocycles. The van der Waals surface area contributed by atoms with E-state index < -0.39 is 23.5 Å². The van der Waals surface area contributed by atoms with Crippen LogP contribution in [0.2, 0.25) is 0 Å². The molecule has 3 fully saturated rings. The van der Waals surface area contributed by atoms with Gasteiger partial charge in [-0.25, -0.2) is 18.0 Å². The van der Waals surface area contributed by atoms with Crippen LogP contribution in [0, 0.1) is 17.5 Å². The fourth-order valence-corrected chi connectivity index (χ4v) is 7.66. The number of nitrogens with one attached hydrogen (secondary N) is 2. The van der Waals surface area contributed by atoms with Gasteiger partial charge in [0.1, 0.15) is 17.5 Å². The van der Waals surface area contributed by atoms with Crippen molar-refractivity contribution in [2.24, 2.45) is 0 Å². The van der Waals surface area contributed by atoms with E-state index in [9.17, 15) is 18.4 Å². The minimum absolute atomic E-state index is 0.0857. The van der Waals surface area contributed by atoms with Crippen LogP contribution < -0.4 is 10.7 Å². The number of hydrogen-bond donors (Lipinski definition) is 2. The summed E-state index contributed by atoms with van der Waals surface area (Å²) in [6.45, 7) is 6.56. The largest absolute Gasteiger partial charge is 0.361 e. The van der Waals surface area contributed by atoms with Crippen molar-refractivity contribution < 1.29 is 18.0 Å². The first-order chi connectivity index (χ1) is 21.6. The average molecular weight is 622 g/mol. The number of carbonyl (C=O) groups excluding carboxylic acids is 1. The van der Waals surface area contributed by atoms with Gasteiger partial charge in [0, 0.05) is 79.3 Å². The molecule has 1 saturated carbocycles. The molecule has 2 saturated heterocycles. The molecule has 6 rings (SSSR count). The average Bonchev–Trinajstić information content (AvgIpc) is 3.48. The van der Waals surface area contributed by atoms with Crippen molar-refractivity contribution in [3.63, 3.8) is 0 Å². The normalized spacial score (nSPS) is 22.0. The highest BCUT2D eigenvalue weighted by atomic mass is 19.1. The number of halogens is 3. The maximum absolute atomic E-state index is 15.1. The molecule has 7 nitrogen and oxygen atoms in total. The lowest BCUT2D eigenvalue weighted by Gasteiger charge is -2.51. The van der Waals surface area contributed by atoms with E-state index >= 15 is 4.39 Å². The van der Waals surface area contributed by atoms with Gasteiger partial charge < -0.3 is 20.1 Å². The molecule has 2 N–H and O–H groups in total. The van der Waals surface area contributed by atoms with Crippen molar-refractivity contribution >= 4 is 6.03 Å². The molecule has 3 aromatic rings. The Morgan fingerprint density at radius 1 is 1.02 bits per heavy atom. The molecule has 240 valence electrons. The lowest BCUT2D eigenvalue weighted by Crippen LogP contribution is -2.64. The van der Waals surface area contributed by atoms with Crippen LogP contribution in [0.15, 0.2) is 59.5 Å². The van der Waals surface area contributed by atoms with Crippen molar-refractivity contribution in [1.29, 1.82) is 0 Å². The van der Waals surface area contributed by atoms with E-state index in [1.165, 1.54) is 18.2 Å². The zero-order valence-corrected chi connectivity index (χ0v) is 26.0. The van der Waals surface area contributed by atoms with Gasteiger partial charge in [-0.3, -0.25) is 9.69 Å². The second-order valence-electron chi connectivity index (χ2n) is 13.2. The number of likely N-dealkylation sites (tertiary alicyclic amines) is 1. The Morgan fingerprint density at radius 2 is 1.80 bits per heavy atom. The van der Waals surface area contributed by atoms with Gasteiger partial charge in [0.25, 0.3) is 0 Å². The van der Waals surface area contributed by atoms with E-state index in [2.05, 4.69) is 29.0 Å². The molecular formula is C35H42F3N5O2. The molecule has 2 atom stereocenters. The standard InChI is InChI=1S/C35H42F3N5O2/c1-23(2)40-26-11-14-43(32(18-26)28-17-25(36)9-10-30(28)38)34(45)41-15-16-42(35(22-41)12-5-6-13-35)21-24-20-39-31(19-33(24)44)27-7-3-4-8-29(27)37/h3-4,7-10,17,19-20,23,26,32,40H,5-6,11-16,18,21-22H2,1-2H3,(H,39,44)/t26-,32+/m1/s1. The Bertz CT molecular complexity index is 1590. The molecule has 0 bridgehead atoms. The van der Waals surface area contributed by atoms with Crippen molar-refractivity contribution in [1.82, 2.24) is 25.0 Å². The molecular weight excluding hydrogens is 579 g/mol. The molecule has 2 aliphatic heterocycles. The van der Waals surface area contributed by atoms with Gasteiger partial charge in [0.15, 0.2) is 5.43 Å². The summed E-state index contributed by atoms with van der Waals surface area (Å²) < 4.78 is 43.8. The predicted octanol–water partition coefficient (Wildman–Crippen LogP) is 6.21. The summed E-state index contributed by atoms with van der Waals surface area (Å²) in [5, 5.41) is 3.52. The molecule has 0 radical (unpaired) electrons. The number of aromatic nitrogens is 1. The van der Waals surface area contributed by atoms with E-state index in [0.29, 0.717) is 56.0 Å². The van der Waals surface area contributed by atoms with Crippen LogP contribution in [0.3, 0.4) is 0 Å². The highest BCUT2D eigenvalue weighted by Crippen LogP contribution is 2.40. The second kappa shape index (κ2) is 13.0. The number of rotatable bonds is 6. The number of aromatic amines is 1. The van der Waals surface area contributed by atoms with Gasteiger partial charge in [-0.1, -0.05) is 38.8 Å². The number of piperazine rings is 1. The number of urea groups is 1. The van der Waals surface area contributed by atoms with E-state index in [-0.39, 0.29) is 34.6 Å². The van der Waals surface area contributed by atoms with Gasteiger partial charge >= 0.3 is 6.03 Å². The number of pyridine rings is 1. The first-order valence-corrected chi connectivity index (χ1v) is 16.1. The summed E-state index contributed by atoms with van der Waals surface area (Å²) in [5.41, 5.74) is 1.16. The quantitative estimate of drug-likeness (QED) is 0.343. The third-order valence-corrected chi connectivity index (χ3v) is 9.85. The first-order valence-electron chi connectivity index (χ1n) is 16.1. The van der Waals surface area contributed by atoms with Crippen LogP contribution in [0.5, 0.6) is 0 Å². The summed E-state index contributed by atoms with van der Waals surface area (Å²) in [7, 11) is 0. The minimum Gasteiger partial charge on any atom is -0.361 e. The molecule has 0 unspecified atom stereocenters. The van der Waals surface area contributed by atoms with Crippen LogP contribution in [-0.4, -0.2) is 69.5 Å². The van der Waals surface area contributed by atoms with Crippen LogP contribution in [0.4, 0.5) is 18.0 Å². The summed E-state index contributed by atoms with van der Waals surface area (Å²) in [5.74, 6) is -1.42. The van der Waals surface area contributed by atoms with Crippen LogP contribution in [0.1, 0.15) is 69.5 Å². The van der Waals surface area contributed by atoms with Crippen LogP contribution in [-0.2, 0) is 6.54 Å². The van der Waals surface area contributed by atoms with Crippen LogP contribution in [0.25, 0.3) is 11.3 Å². The zero-order chi connectivity index (χ0) is 31.7. The summed E-state index contributed by atoms with van der Waals surface area (Å²) in [4.78, 5) is 36.5. The lowest BCUT2D eigenvalue weighted by atomic mass is 9.89. The summed E-state index contributed by atoms with van der Waals surface area (Å²) in [6, 6.07) is 10.9. The molecule has 3 aliphatic rings. The Labute approximate surface area is 262 Å². The van der Waals surface area contributed by atoms with Crippen molar-refractivity contribution in [3.8, 4) is 11.3 Å². The predicted molar refractivity (Wildman–Crippen MR) is 168 cm³/mol. The van der Waals surface area contributed by atoms with Gasteiger partial charge in [-0.05, 0) is 56.0 Å². The first kappa shape index (κ1) is 31.4. The number of piperidine rings is 1. The second-order valence-corrected chi connectivity index (χ2v) is 13.2. The van der Waals surface area contributed by atoms with Gasteiger partial charge in [-0.2, -0.15) is 0 Å². The molecule has 2 amide bonds. The smallest absolute Gasteiger partial charge is 0.320 e. The Hall–Kier alpha value is -3.63. The highest BCUT2D eigenvalue weighted by molar-refractivity contribution is 5.75. The van der Waals surface area contributed by atoms with E-state index in [4.69, 9.17) is 0 Å². The SMILES string of the molecule is CC(C)N[C@@H]1CCN(C(=O)N2CCN(Cc3c[nH]c(-c4ccccc4F)cc3=O)C3(CCCC3)C2)[C@H](c2cc(F)ccc2F)C1. The fourth-order valence-electron chi connectivity index (χ4n) is 7.66. The highest BCUT2D eigenvalue weighted by Gasteiger charge is 2.46. The third-order valence-electron chi connectivity index (χ3n) is 9.85. The van der Waals surface area contributed by atoms with Gasteiger partial charge in [0.05, 0.1) is 11.7 Å². The topological polar surface area (TPSA) is 71.7 Å². The fraction of sp³-hybridized carbons (Fsp3) is 0.486. The van der Waals surface area contributed by atoms with E-state index in [1.54, 1.807) is 29.3 Å². The molecule has 3 heterocycles. The molecule has 1 aromatic heterocycles. The lowest BCUT2D eigenvalue weighted by molar-refractivity contribution is -0.00256. The van der Waals surface area contributed by atoms with E-state index in [0.717, 1.165) is 44.2 Å². The van der Waals surface area contributed by atoms with Crippen molar-refractivity contribution in [3.05, 3.63) is 93.5 Å². The third kappa shape index (κ3) is 6.53. The van der Waals surface area contributed by atoms with Gasteiger partial charge in [0.2, 0.25) is 0 Å². The number of amides is 2. The summed E-state index contributed by atoms with van der Waals surface area (Å²) >= 11 is 0. The summed E-state index contributed by atoms with van der Waals surface area (Å²) in [6.07, 6.45) is 6.79. The zero-order valence-electron chi connectivity index (χ0n) is 26.0. The number of hydrogen-bond acceptors (Lipinski definition) is 4. The monoisotopic (exact) mass is 621 g/mol. The molecule has 10 heteroatoms.